The highest BCUT2D eigenvalue weighted by Crippen LogP contribution is 2.33. The summed E-state index contributed by atoms with van der Waals surface area (Å²) in [6.45, 7) is 1.85. The minimum Gasteiger partial charge on any atom is -0.391 e. The van der Waals surface area contributed by atoms with E-state index in [1.807, 2.05) is 31.2 Å². The Morgan fingerprint density at radius 1 is 1.22 bits per heavy atom. The van der Waals surface area contributed by atoms with Crippen molar-refractivity contribution in [3.05, 3.63) is 93.0 Å². The largest absolute Gasteiger partial charge is 0.434 e. The average molecular weight is 475 g/mol. The molecule has 0 aliphatic rings. The summed E-state index contributed by atoms with van der Waals surface area (Å²) < 4.78 is 18.7. The number of benzene rings is 3. The van der Waals surface area contributed by atoms with Crippen molar-refractivity contribution in [3.8, 4) is 0 Å². The van der Waals surface area contributed by atoms with E-state index in [0.29, 0.717) is 15.5 Å². The molecule has 10 heteroatoms. The van der Waals surface area contributed by atoms with E-state index >= 15 is 0 Å². The quantitative estimate of drug-likeness (QED) is 0.330. The number of aromatic nitrogens is 2. The molecule has 1 aromatic heterocycles. The Hall–Kier alpha value is -3.14. The molecule has 0 aliphatic carbocycles. The Morgan fingerprint density at radius 2 is 1.94 bits per heavy atom. The van der Waals surface area contributed by atoms with Gasteiger partial charge >= 0.3 is 5.76 Å². The van der Waals surface area contributed by atoms with Gasteiger partial charge in [-0.15, -0.1) is 17.7 Å². The monoisotopic (exact) mass is 474 g/mol. The molecule has 0 radical (unpaired) electrons. The number of hydrogen-bond acceptors (Lipinski definition) is 6. The van der Waals surface area contributed by atoms with Gasteiger partial charge in [0.1, 0.15) is 5.82 Å². The van der Waals surface area contributed by atoms with E-state index in [2.05, 4.69) is 22.8 Å². The van der Waals surface area contributed by atoms with Crippen molar-refractivity contribution < 1.29 is 13.6 Å². The van der Waals surface area contributed by atoms with Crippen LogP contribution in [0, 0.1) is 5.82 Å². The number of hydrogen-bond donors (Lipinski definition) is 4. The van der Waals surface area contributed by atoms with Crippen molar-refractivity contribution in [2.24, 2.45) is 11.5 Å². The normalized spacial score (nSPS) is 12.7. The summed E-state index contributed by atoms with van der Waals surface area (Å²) in [7, 11) is 0. The van der Waals surface area contributed by atoms with Crippen LogP contribution >= 0.6 is 24.2 Å². The number of carbonyl (C=O) groups excluding carboxylic acids is 1. The Bertz CT molecular complexity index is 1320. The lowest BCUT2D eigenvalue weighted by Gasteiger charge is -2.19. The highest BCUT2D eigenvalue weighted by Gasteiger charge is 2.23. The first kappa shape index (κ1) is 23.5. The average Bonchev–Trinajstić information content (AvgIpc) is 3.20. The van der Waals surface area contributed by atoms with Gasteiger partial charge in [0.05, 0.1) is 11.6 Å². The van der Waals surface area contributed by atoms with Gasteiger partial charge in [0, 0.05) is 15.8 Å². The van der Waals surface area contributed by atoms with E-state index in [4.69, 9.17) is 27.5 Å². The number of nitrogens with two attached hydrogens (primary N) is 2. The molecule has 0 bridgehead atoms. The zero-order valence-electron chi connectivity index (χ0n) is 16.9. The van der Waals surface area contributed by atoms with Gasteiger partial charge in [-0.3, -0.25) is 4.79 Å². The molecule has 2 atom stereocenters. The second-order valence-corrected chi connectivity index (χ2v) is 7.93. The molecule has 7 nitrogen and oxygen atoms in total. The third-order valence-corrected chi connectivity index (χ3v) is 5.48. The number of H-pyrrole nitrogens is 1. The number of fused-ring (bicyclic) bond motifs is 1. The summed E-state index contributed by atoms with van der Waals surface area (Å²) in [6.07, 6.45) is 0. The second kappa shape index (κ2) is 9.99. The molecule has 2 unspecified atom stereocenters. The predicted octanol–water partition coefficient (Wildman–Crippen LogP) is 4.19. The molecule has 3 aromatic carbocycles. The number of halogens is 2. The third-order valence-electron chi connectivity index (χ3n) is 4.85. The van der Waals surface area contributed by atoms with Crippen LogP contribution in [0.1, 0.15) is 40.7 Å². The summed E-state index contributed by atoms with van der Waals surface area (Å²) >= 11 is 9.64. The maximum absolute atomic E-state index is 13.8. The molecule has 0 spiro atoms. The summed E-state index contributed by atoms with van der Waals surface area (Å²) in [5.41, 5.74) is 12.2. The van der Waals surface area contributed by atoms with E-state index < -0.39 is 17.7 Å². The van der Waals surface area contributed by atoms with Gasteiger partial charge in [0.15, 0.2) is 0 Å². The van der Waals surface area contributed by atoms with Crippen LogP contribution in [0.4, 0.5) is 4.39 Å². The van der Waals surface area contributed by atoms with Gasteiger partial charge in [-0.1, -0.05) is 42.8 Å². The minimum absolute atomic E-state index is 0.112. The van der Waals surface area contributed by atoms with Crippen LogP contribution in [-0.4, -0.2) is 16.1 Å². The van der Waals surface area contributed by atoms with Gasteiger partial charge < -0.3 is 15.9 Å². The van der Waals surface area contributed by atoms with Crippen LogP contribution in [0.25, 0.3) is 10.8 Å². The molecular weight excluding hydrogens is 455 g/mol. The smallest absolute Gasteiger partial charge is 0.391 e. The van der Waals surface area contributed by atoms with Crippen molar-refractivity contribution >= 4 is 40.9 Å². The van der Waals surface area contributed by atoms with Crippen molar-refractivity contribution in [2.45, 2.75) is 23.8 Å². The zero-order valence-corrected chi connectivity index (χ0v) is 18.5. The fourth-order valence-corrected chi connectivity index (χ4v) is 3.60. The van der Waals surface area contributed by atoms with Crippen LogP contribution in [-0.2, 0) is 0 Å². The Balaban J connectivity index is 0.000000222. The highest BCUT2D eigenvalue weighted by molar-refractivity contribution is 7.80. The van der Waals surface area contributed by atoms with Crippen molar-refractivity contribution in [1.29, 1.82) is 0 Å². The number of nitrogens with one attached hydrogen (secondary N) is 1. The first-order valence-corrected chi connectivity index (χ1v) is 10.3. The predicted molar refractivity (Wildman–Crippen MR) is 124 cm³/mol. The van der Waals surface area contributed by atoms with Gasteiger partial charge in [0.25, 0.3) is 0 Å². The molecule has 0 saturated carbocycles. The number of amides is 1. The van der Waals surface area contributed by atoms with Crippen LogP contribution in [0.5, 0.6) is 0 Å². The Labute approximate surface area is 193 Å². The lowest BCUT2D eigenvalue weighted by atomic mass is 9.89. The number of primary amides is 1. The fourth-order valence-electron chi connectivity index (χ4n) is 3.18. The number of aromatic amines is 1. The first-order chi connectivity index (χ1) is 15.2. The lowest BCUT2D eigenvalue weighted by molar-refractivity contribution is 0.0997. The summed E-state index contributed by atoms with van der Waals surface area (Å²) in [6, 6.07) is 14.6. The molecule has 1 amide bonds. The van der Waals surface area contributed by atoms with E-state index in [1.54, 1.807) is 12.1 Å². The number of thiol groups is 1. The Morgan fingerprint density at radius 3 is 2.56 bits per heavy atom. The van der Waals surface area contributed by atoms with Crippen LogP contribution in [0.2, 0.25) is 5.02 Å². The number of carbonyl (C=O) groups is 1. The topological polar surface area (TPSA) is 128 Å². The summed E-state index contributed by atoms with van der Waals surface area (Å²) in [4.78, 5) is 22.3. The third kappa shape index (κ3) is 5.37. The van der Waals surface area contributed by atoms with Crippen molar-refractivity contribution in [3.63, 3.8) is 0 Å². The van der Waals surface area contributed by atoms with Gasteiger partial charge in [0.2, 0.25) is 11.8 Å². The van der Waals surface area contributed by atoms with Crippen LogP contribution in [0.15, 0.2) is 68.7 Å². The molecule has 1 heterocycles. The molecule has 32 heavy (non-hydrogen) atoms. The molecular formula is C22H20ClFN4O3S. The molecule has 4 aromatic rings. The fraction of sp³-hybridized carbons (Fsp3) is 0.136. The van der Waals surface area contributed by atoms with Crippen LogP contribution in [0.3, 0.4) is 0 Å². The standard InChI is InChI=1S/C15H14FN3O2.C7H6ClNOS/c1-8(13(17)14-18-19-15(20)21-14)12-7-10(16)6-9-4-2-3-5-11(9)12;8-4-1-2-6(11)5(3-4)7(9)10/h2-8,13H,17H2,1H3,(H,19,20);1-3,11H,(H2,9,10). The molecule has 166 valence electrons. The van der Waals surface area contributed by atoms with E-state index in [9.17, 15) is 14.0 Å². The lowest BCUT2D eigenvalue weighted by Crippen LogP contribution is -2.18. The minimum atomic E-state index is -0.656. The summed E-state index contributed by atoms with van der Waals surface area (Å²) in [5, 5.41) is 8.12. The molecule has 4 rings (SSSR count). The zero-order chi connectivity index (χ0) is 23.4. The Kier molecular flexibility index (Phi) is 7.34. The van der Waals surface area contributed by atoms with Gasteiger partial charge in [-0.2, -0.15) is 0 Å². The maximum atomic E-state index is 13.8. The first-order valence-electron chi connectivity index (χ1n) is 9.45. The maximum Gasteiger partial charge on any atom is 0.434 e. The SMILES string of the molecule is CC(c1cc(F)cc2ccccc12)C(N)c1n[nH]c(=O)o1.NC(=O)c1cc(Cl)ccc1S. The second-order valence-electron chi connectivity index (χ2n) is 7.01. The highest BCUT2D eigenvalue weighted by atomic mass is 35.5. The molecule has 0 aliphatic heterocycles. The molecule has 0 saturated heterocycles. The van der Waals surface area contributed by atoms with Gasteiger partial charge in [-0.05, 0) is 46.7 Å². The van der Waals surface area contributed by atoms with Gasteiger partial charge in [-0.25, -0.2) is 14.3 Å². The molecule has 0 fully saturated rings. The van der Waals surface area contributed by atoms with Crippen molar-refractivity contribution in [1.82, 2.24) is 10.2 Å². The van der Waals surface area contributed by atoms with Crippen LogP contribution < -0.4 is 17.2 Å². The van der Waals surface area contributed by atoms with E-state index in [1.165, 1.54) is 18.2 Å². The van der Waals surface area contributed by atoms with E-state index in [-0.39, 0.29) is 17.6 Å². The number of rotatable bonds is 4. The summed E-state index contributed by atoms with van der Waals surface area (Å²) in [5.74, 6) is -1.65. The number of nitrogens with zero attached hydrogens (tertiary/aromatic N) is 1. The molecule has 5 N–H and O–H groups in total. The van der Waals surface area contributed by atoms with E-state index in [0.717, 1.165) is 16.3 Å². The van der Waals surface area contributed by atoms with Crippen molar-refractivity contribution in [2.75, 3.05) is 0 Å².